The van der Waals surface area contributed by atoms with Crippen LogP contribution < -0.4 is 10.6 Å². The van der Waals surface area contributed by atoms with Crippen molar-refractivity contribution in [1.29, 1.82) is 0 Å². The highest BCUT2D eigenvalue weighted by molar-refractivity contribution is 5.82. The number of nitrogens with one attached hydrogen (secondary N) is 2. The molecule has 0 bridgehead atoms. The third kappa shape index (κ3) is 7.19. The van der Waals surface area contributed by atoms with Crippen LogP contribution in [0.1, 0.15) is 20.3 Å². The van der Waals surface area contributed by atoms with Gasteiger partial charge in [0.1, 0.15) is 6.04 Å². The quantitative estimate of drug-likeness (QED) is 0.529. The molecule has 0 rings (SSSR count). The Balaban J connectivity index is 3.92. The number of hydrogen-bond acceptors (Lipinski definition) is 4. The molecule has 0 saturated heterocycles. The molecule has 0 saturated carbocycles. The maximum absolute atomic E-state index is 10.8. The van der Waals surface area contributed by atoms with Crippen LogP contribution in [-0.2, 0) is 14.3 Å². The number of carbonyl (C=O) groups excluding carboxylic acids is 1. The molecule has 94 valence electrons. The van der Waals surface area contributed by atoms with Gasteiger partial charge in [-0.15, -0.1) is 0 Å². The molecule has 0 aromatic rings. The van der Waals surface area contributed by atoms with Crippen molar-refractivity contribution in [3.8, 4) is 0 Å². The fourth-order valence-corrected chi connectivity index (χ4v) is 1.16. The molecule has 16 heavy (non-hydrogen) atoms. The molecule has 0 aliphatic carbocycles. The lowest BCUT2D eigenvalue weighted by atomic mass is 10.2. The van der Waals surface area contributed by atoms with E-state index in [9.17, 15) is 9.59 Å². The van der Waals surface area contributed by atoms with E-state index in [2.05, 4.69) is 10.6 Å². The van der Waals surface area contributed by atoms with Gasteiger partial charge in [-0.3, -0.25) is 4.79 Å². The van der Waals surface area contributed by atoms with E-state index < -0.39 is 12.0 Å². The SMILES string of the molecule is COCCC(C)NCC(NC(C)=O)C(=O)O. The summed E-state index contributed by atoms with van der Waals surface area (Å²) in [5, 5.41) is 14.2. The molecule has 6 nitrogen and oxygen atoms in total. The Morgan fingerprint density at radius 1 is 1.44 bits per heavy atom. The average molecular weight is 232 g/mol. The Kier molecular flexibility index (Phi) is 7.49. The van der Waals surface area contributed by atoms with Crippen molar-refractivity contribution < 1.29 is 19.4 Å². The minimum Gasteiger partial charge on any atom is -0.480 e. The highest BCUT2D eigenvalue weighted by atomic mass is 16.5. The second kappa shape index (κ2) is 8.06. The van der Waals surface area contributed by atoms with Crippen molar-refractivity contribution in [2.75, 3.05) is 20.3 Å². The predicted molar refractivity (Wildman–Crippen MR) is 59.2 cm³/mol. The molecule has 0 radical (unpaired) electrons. The topological polar surface area (TPSA) is 87.7 Å². The molecule has 0 heterocycles. The predicted octanol–water partition coefficient (Wildman–Crippen LogP) is -0.410. The molecule has 0 aliphatic rings. The van der Waals surface area contributed by atoms with Crippen LogP contribution in [-0.4, -0.2) is 49.3 Å². The second-order valence-electron chi connectivity index (χ2n) is 3.68. The van der Waals surface area contributed by atoms with E-state index in [-0.39, 0.29) is 18.5 Å². The minimum absolute atomic E-state index is 0.149. The van der Waals surface area contributed by atoms with Crippen molar-refractivity contribution in [1.82, 2.24) is 10.6 Å². The smallest absolute Gasteiger partial charge is 0.327 e. The largest absolute Gasteiger partial charge is 0.480 e. The van der Waals surface area contributed by atoms with E-state index in [1.807, 2.05) is 6.92 Å². The van der Waals surface area contributed by atoms with E-state index in [0.717, 1.165) is 6.42 Å². The van der Waals surface area contributed by atoms with Gasteiger partial charge in [-0.25, -0.2) is 4.79 Å². The van der Waals surface area contributed by atoms with Gasteiger partial charge in [-0.05, 0) is 13.3 Å². The molecule has 2 atom stereocenters. The number of rotatable bonds is 8. The Morgan fingerprint density at radius 2 is 2.06 bits per heavy atom. The number of carboxylic acids is 1. The number of ether oxygens (including phenoxy) is 1. The van der Waals surface area contributed by atoms with Gasteiger partial charge in [0.25, 0.3) is 0 Å². The summed E-state index contributed by atoms with van der Waals surface area (Å²) in [5.74, 6) is -1.39. The molecule has 0 fully saturated rings. The Morgan fingerprint density at radius 3 is 2.50 bits per heavy atom. The number of aliphatic carboxylic acids is 1. The monoisotopic (exact) mass is 232 g/mol. The summed E-state index contributed by atoms with van der Waals surface area (Å²) in [6.07, 6.45) is 0.795. The average Bonchev–Trinajstić information content (AvgIpc) is 2.20. The number of amides is 1. The highest BCUT2D eigenvalue weighted by Gasteiger charge is 2.18. The Hall–Kier alpha value is -1.14. The van der Waals surface area contributed by atoms with E-state index in [4.69, 9.17) is 9.84 Å². The minimum atomic E-state index is -1.04. The van der Waals surface area contributed by atoms with Crippen molar-refractivity contribution in [2.24, 2.45) is 0 Å². The van der Waals surface area contributed by atoms with Gasteiger partial charge in [0.05, 0.1) is 0 Å². The van der Waals surface area contributed by atoms with Gasteiger partial charge < -0.3 is 20.5 Å². The normalized spacial score (nSPS) is 14.2. The number of carboxylic acid groups (broad SMARTS) is 1. The first kappa shape index (κ1) is 14.9. The van der Waals surface area contributed by atoms with Crippen molar-refractivity contribution in [3.63, 3.8) is 0 Å². The number of hydrogen-bond donors (Lipinski definition) is 3. The first-order valence-corrected chi connectivity index (χ1v) is 5.19. The third-order valence-corrected chi connectivity index (χ3v) is 2.10. The van der Waals surface area contributed by atoms with Crippen LogP contribution in [0.2, 0.25) is 0 Å². The standard InChI is InChI=1S/C10H20N2O4/c1-7(4-5-16-3)11-6-9(10(14)15)12-8(2)13/h7,9,11H,4-6H2,1-3H3,(H,12,13)(H,14,15). The molecular weight excluding hydrogens is 212 g/mol. The summed E-state index contributed by atoms with van der Waals surface area (Å²) in [6.45, 7) is 4.06. The zero-order valence-corrected chi connectivity index (χ0v) is 9.95. The molecule has 2 unspecified atom stereocenters. The van der Waals surface area contributed by atoms with Crippen LogP contribution in [0.25, 0.3) is 0 Å². The second-order valence-corrected chi connectivity index (χ2v) is 3.68. The summed E-state index contributed by atoms with van der Waals surface area (Å²) in [7, 11) is 1.62. The van der Waals surface area contributed by atoms with Gasteiger partial charge >= 0.3 is 5.97 Å². The molecular formula is C10H20N2O4. The summed E-state index contributed by atoms with van der Waals surface area (Å²) in [6, 6.07) is -0.738. The van der Waals surface area contributed by atoms with Crippen LogP contribution in [0.5, 0.6) is 0 Å². The van der Waals surface area contributed by atoms with Crippen LogP contribution >= 0.6 is 0 Å². The number of methoxy groups -OCH3 is 1. The fourth-order valence-electron chi connectivity index (χ4n) is 1.16. The lowest BCUT2D eigenvalue weighted by Crippen LogP contribution is -2.48. The molecule has 1 amide bonds. The van der Waals surface area contributed by atoms with Crippen molar-refractivity contribution in [2.45, 2.75) is 32.4 Å². The zero-order chi connectivity index (χ0) is 12.6. The molecule has 0 spiro atoms. The fraction of sp³-hybridized carbons (Fsp3) is 0.800. The molecule has 3 N–H and O–H groups in total. The van der Waals surface area contributed by atoms with Gasteiger partial charge in [0.15, 0.2) is 0 Å². The molecule has 0 aromatic heterocycles. The lowest BCUT2D eigenvalue weighted by Gasteiger charge is -2.18. The van der Waals surface area contributed by atoms with Crippen molar-refractivity contribution >= 4 is 11.9 Å². The summed E-state index contributed by atoms with van der Waals surface area (Å²) in [5.41, 5.74) is 0. The number of carbonyl (C=O) groups is 2. The molecule has 0 aliphatic heterocycles. The maximum Gasteiger partial charge on any atom is 0.327 e. The van der Waals surface area contributed by atoms with Gasteiger partial charge in [-0.2, -0.15) is 0 Å². The summed E-state index contributed by atoms with van der Waals surface area (Å²) < 4.78 is 4.91. The van der Waals surface area contributed by atoms with Crippen LogP contribution in [0, 0.1) is 0 Å². The van der Waals surface area contributed by atoms with E-state index in [0.29, 0.717) is 6.61 Å². The molecule has 0 aromatic carbocycles. The van der Waals surface area contributed by atoms with Gasteiger partial charge in [-0.1, -0.05) is 0 Å². The van der Waals surface area contributed by atoms with E-state index >= 15 is 0 Å². The first-order chi connectivity index (χ1) is 7.47. The Bertz CT molecular complexity index is 233. The third-order valence-electron chi connectivity index (χ3n) is 2.10. The lowest BCUT2D eigenvalue weighted by molar-refractivity contribution is -0.141. The first-order valence-electron chi connectivity index (χ1n) is 5.19. The summed E-state index contributed by atoms with van der Waals surface area (Å²) >= 11 is 0. The van der Waals surface area contributed by atoms with Gasteiger partial charge in [0, 0.05) is 33.2 Å². The van der Waals surface area contributed by atoms with E-state index in [1.54, 1.807) is 7.11 Å². The molecule has 6 heteroatoms. The summed E-state index contributed by atoms with van der Waals surface area (Å²) in [4.78, 5) is 21.5. The van der Waals surface area contributed by atoms with E-state index in [1.165, 1.54) is 6.92 Å². The van der Waals surface area contributed by atoms with Crippen LogP contribution in [0.15, 0.2) is 0 Å². The Labute approximate surface area is 95.4 Å². The van der Waals surface area contributed by atoms with Crippen LogP contribution in [0.3, 0.4) is 0 Å². The van der Waals surface area contributed by atoms with Crippen molar-refractivity contribution in [3.05, 3.63) is 0 Å². The highest BCUT2D eigenvalue weighted by Crippen LogP contribution is 1.92. The zero-order valence-electron chi connectivity index (χ0n) is 9.95. The van der Waals surface area contributed by atoms with Gasteiger partial charge in [0.2, 0.25) is 5.91 Å². The van der Waals surface area contributed by atoms with Crippen LogP contribution in [0.4, 0.5) is 0 Å². The maximum atomic E-state index is 10.8.